The van der Waals surface area contributed by atoms with Gasteiger partial charge in [0.2, 0.25) is 0 Å². The van der Waals surface area contributed by atoms with Gasteiger partial charge in [-0.2, -0.15) is 0 Å². The van der Waals surface area contributed by atoms with Crippen molar-refractivity contribution in [3.05, 3.63) is 29.8 Å². The van der Waals surface area contributed by atoms with Crippen LogP contribution in [0.3, 0.4) is 0 Å². The fourth-order valence-electron chi connectivity index (χ4n) is 2.20. The minimum absolute atomic E-state index is 0.901. The Balaban J connectivity index is 0.000000461. The Morgan fingerprint density at radius 3 is 2.45 bits per heavy atom. The number of likely N-dealkylation sites (N-methyl/N-ethyl adjacent to an activating group) is 1. The summed E-state index contributed by atoms with van der Waals surface area (Å²) in [4.78, 5) is 6.94. The van der Waals surface area contributed by atoms with Gasteiger partial charge in [-0.25, -0.2) is 0 Å². The van der Waals surface area contributed by atoms with Gasteiger partial charge in [-0.3, -0.25) is 4.99 Å². The zero-order chi connectivity index (χ0) is 15.1. The molecule has 0 saturated carbocycles. The lowest BCUT2D eigenvalue weighted by atomic mass is 10.1. The molecule has 0 aliphatic carbocycles. The molecule has 1 aliphatic rings. The number of anilines is 1. The summed E-state index contributed by atoms with van der Waals surface area (Å²) in [6, 6.07) is 8.59. The van der Waals surface area contributed by atoms with Gasteiger partial charge in [0.05, 0.1) is 6.54 Å². The van der Waals surface area contributed by atoms with Crippen LogP contribution in [0.1, 0.15) is 40.2 Å². The highest BCUT2D eigenvalue weighted by atomic mass is 32.1. The highest BCUT2D eigenvalue weighted by molar-refractivity contribution is 7.23. The van der Waals surface area contributed by atoms with Crippen molar-refractivity contribution in [3.63, 3.8) is 0 Å². The SMILES string of the molecule is CC.CC.CC1=NCCN(C)c2sc3ccccc3c21. The first kappa shape index (κ1) is 16.7. The van der Waals surface area contributed by atoms with Crippen LogP contribution in [0, 0.1) is 0 Å². The molecule has 0 unspecified atom stereocenters. The summed E-state index contributed by atoms with van der Waals surface area (Å²) in [6.45, 7) is 12.0. The molecule has 0 N–H and O–H groups in total. The van der Waals surface area contributed by atoms with E-state index in [1.807, 2.05) is 39.0 Å². The standard InChI is InChI=1S/C13H14N2S.2C2H6/c1-9-12-10-5-3-4-6-11(10)16-13(12)15(2)8-7-14-9;2*1-2/h3-6H,7-8H2,1-2H3;2*1-2H3. The molecule has 110 valence electrons. The van der Waals surface area contributed by atoms with Gasteiger partial charge in [0.1, 0.15) is 5.00 Å². The average molecular weight is 290 g/mol. The van der Waals surface area contributed by atoms with Gasteiger partial charge in [-0.05, 0) is 13.0 Å². The van der Waals surface area contributed by atoms with Crippen molar-refractivity contribution < 1.29 is 0 Å². The van der Waals surface area contributed by atoms with Crippen molar-refractivity contribution in [3.8, 4) is 0 Å². The molecule has 3 rings (SSSR count). The predicted octanol–water partition coefficient (Wildman–Crippen LogP) is 5.21. The van der Waals surface area contributed by atoms with Gasteiger partial charge in [0, 0.05) is 35.0 Å². The lowest BCUT2D eigenvalue weighted by Gasteiger charge is -2.14. The lowest BCUT2D eigenvalue weighted by molar-refractivity contribution is 0.903. The summed E-state index contributed by atoms with van der Waals surface area (Å²) in [5, 5.41) is 2.71. The van der Waals surface area contributed by atoms with Crippen molar-refractivity contribution in [2.75, 3.05) is 25.0 Å². The summed E-state index contributed by atoms with van der Waals surface area (Å²) in [7, 11) is 2.16. The van der Waals surface area contributed by atoms with Crippen molar-refractivity contribution in [1.82, 2.24) is 0 Å². The van der Waals surface area contributed by atoms with Crippen molar-refractivity contribution in [1.29, 1.82) is 0 Å². The summed E-state index contributed by atoms with van der Waals surface area (Å²) < 4.78 is 1.36. The van der Waals surface area contributed by atoms with Gasteiger partial charge < -0.3 is 4.90 Å². The van der Waals surface area contributed by atoms with Gasteiger partial charge in [0.25, 0.3) is 0 Å². The van der Waals surface area contributed by atoms with Crippen molar-refractivity contribution in [2.45, 2.75) is 34.6 Å². The van der Waals surface area contributed by atoms with Crippen LogP contribution < -0.4 is 4.90 Å². The number of nitrogens with zero attached hydrogens (tertiary/aromatic N) is 2. The van der Waals surface area contributed by atoms with Crippen molar-refractivity contribution >= 4 is 32.1 Å². The predicted molar refractivity (Wildman–Crippen MR) is 94.9 cm³/mol. The number of rotatable bonds is 0. The maximum absolute atomic E-state index is 4.62. The second kappa shape index (κ2) is 8.05. The molecule has 0 amide bonds. The van der Waals surface area contributed by atoms with Gasteiger partial charge in [-0.1, -0.05) is 45.9 Å². The smallest absolute Gasteiger partial charge is 0.101 e. The molecule has 2 nitrogen and oxygen atoms in total. The minimum Gasteiger partial charge on any atom is -0.364 e. The number of hydrogen-bond acceptors (Lipinski definition) is 3. The molecule has 20 heavy (non-hydrogen) atoms. The maximum atomic E-state index is 4.62. The van der Waals surface area contributed by atoms with E-state index >= 15 is 0 Å². The molecular weight excluding hydrogens is 264 g/mol. The first-order valence-electron chi connectivity index (χ1n) is 7.51. The highest BCUT2D eigenvalue weighted by Gasteiger charge is 2.19. The van der Waals surface area contributed by atoms with Crippen LogP contribution in [-0.2, 0) is 0 Å². The van der Waals surface area contributed by atoms with E-state index in [1.165, 1.54) is 26.4 Å². The molecule has 2 heterocycles. The van der Waals surface area contributed by atoms with E-state index < -0.39 is 0 Å². The van der Waals surface area contributed by atoms with Crippen LogP contribution >= 0.6 is 11.3 Å². The molecule has 1 aliphatic heterocycles. The second-order valence-corrected chi connectivity index (χ2v) is 5.20. The minimum atomic E-state index is 0.901. The molecule has 0 saturated heterocycles. The molecule has 0 fully saturated rings. The van der Waals surface area contributed by atoms with Crippen LogP contribution in [-0.4, -0.2) is 25.8 Å². The summed E-state index contributed by atoms with van der Waals surface area (Å²) >= 11 is 1.87. The van der Waals surface area contributed by atoms with E-state index in [4.69, 9.17) is 0 Å². The first-order chi connectivity index (χ1) is 9.77. The Kier molecular flexibility index (Phi) is 6.73. The maximum Gasteiger partial charge on any atom is 0.101 e. The molecule has 0 bridgehead atoms. The van der Waals surface area contributed by atoms with E-state index in [0.29, 0.717) is 0 Å². The fourth-order valence-corrected chi connectivity index (χ4v) is 3.44. The van der Waals surface area contributed by atoms with Crippen LogP contribution in [0.25, 0.3) is 10.1 Å². The largest absolute Gasteiger partial charge is 0.364 e. The quantitative estimate of drug-likeness (QED) is 0.650. The third-order valence-corrected chi connectivity index (χ3v) is 4.35. The summed E-state index contributed by atoms with van der Waals surface area (Å²) in [6.07, 6.45) is 0. The lowest BCUT2D eigenvalue weighted by Crippen LogP contribution is -2.18. The zero-order valence-corrected chi connectivity index (χ0v) is 14.3. The Labute approximate surface area is 127 Å². The number of benzene rings is 1. The molecule has 1 aromatic carbocycles. The normalized spacial score (nSPS) is 13.3. The van der Waals surface area contributed by atoms with Crippen molar-refractivity contribution in [2.24, 2.45) is 4.99 Å². The van der Waals surface area contributed by atoms with Gasteiger partial charge >= 0.3 is 0 Å². The number of hydrogen-bond donors (Lipinski definition) is 0. The van der Waals surface area contributed by atoms with Crippen LogP contribution in [0.4, 0.5) is 5.00 Å². The van der Waals surface area contributed by atoms with E-state index in [9.17, 15) is 0 Å². The monoisotopic (exact) mass is 290 g/mol. The van der Waals surface area contributed by atoms with Gasteiger partial charge in [-0.15, -0.1) is 11.3 Å². The van der Waals surface area contributed by atoms with E-state index in [0.717, 1.165) is 13.1 Å². The molecular formula is C17H26N2S. The van der Waals surface area contributed by atoms with E-state index in [-0.39, 0.29) is 0 Å². The Bertz CT molecular complexity index is 569. The van der Waals surface area contributed by atoms with Crippen LogP contribution in [0.15, 0.2) is 29.3 Å². The van der Waals surface area contributed by atoms with E-state index in [1.54, 1.807) is 0 Å². The zero-order valence-electron chi connectivity index (χ0n) is 13.5. The molecule has 0 spiro atoms. The Morgan fingerprint density at radius 2 is 1.75 bits per heavy atom. The number of thiophene rings is 1. The fraction of sp³-hybridized carbons (Fsp3) is 0.471. The molecule has 0 atom stereocenters. The molecule has 1 aromatic heterocycles. The van der Waals surface area contributed by atoms with Crippen LogP contribution in [0.2, 0.25) is 0 Å². The second-order valence-electron chi connectivity index (χ2n) is 4.17. The summed E-state index contributed by atoms with van der Waals surface area (Å²) in [5.74, 6) is 0. The summed E-state index contributed by atoms with van der Waals surface area (Å²) in [5.41, 5.74) is 2.51. The average Bonchev–Trinajstić information content (AvgIpc) is 2.84. The highest BCUT2D eigenvalue weighted by Crippen LogP contribution is 2.38. The number of fused-ring (bicyclic) bond motifs is 3. The third-order valence-electron chi connectivity index (χ3n) is 3.07. The molecule has 3 heteroatoms. The first-order valence-corrected chi connectivity index (χ1v) is 8.33. The molecule has 2 aromatic rings. The Hall–Kier alpha value is -1.35. The number of aliphatic imine (C=N–C) groups is 1. The topological polar surface area (TPSA) is 15.6 Å². The van der Waals surface area contributed by atoms with Crippen LogP contribution in [0.5, 0.6) is 0 Å². The Morgan fingerprint density at radius 1 is 1.10 bits per heavy atom. The van der Waals surface area contributed by atoms with E-state index in [2.05, 4.69) is 48.1 Å². The third kappa shape index (κ3) is 3.21. The molecule has 0 radical (unpaired) electrons. The van der Waals surface area contributed by atoms with Gasteiger partial charge in [0.15, 0.2) is 0 Å².